The van der Waals surface area contributed by atoms with Crippen molar-refractivity contribution in [1.82, 2.24) is 4.90 Å². The number of primary amides is 1. The number of hydrogen-bond donors (Lipinski definition) is 1. The van der Waals surface area contributed by atoms with Crippen LogP contribution >= 0.6 is 0 Å². The van der Waals surface area contributed by atoms with Crippen molar-refractivity contribution in [3.05, 3.63) is 83.2 Å². The van der Waals surface area contributed by atoms with Gasteiger partial charge >= 0.3 is 0 Å². The monoisotopic (exact) mass is 496 g/mol. The summed E-state index contributed by atoms with van der Waals surface area (Å²) in [5, 5.41) is 0. The second-order valence-electron chi connectivity index (χ2n) is 8.42. The highest BCUT2D eigenvalue weighted by Crippen LogP contribution is 2.30. The Labute approximate surface area is 211 Å². The minimum absolute atomic E-state index is 0.224. The second-order valence-corrected chi connectivity index (χ2v) is 8.42. The second kappa shape index (κ2) is 12.8. The number of amides is 1. The summed E-state index contributed by atoms with van der Waals surface area (Å²) in [5.74, 6) is 1.79. The number of ether oxygens (including phenoxy) is 4. The van der Waals surface area contributed by atoms with Crippen LogP contribution in [0.4, 0.5) is 4.39 Å². The number of carbonyl (C=O) groups is 1. The number of benzene rings is 3. The zero-order valence-corrected chi connectivity index (χ0v) is 21.1. The maximum absolute atomic E-state index is 13.4. The van der Waals surface area contributed by atoms with Gasteiger partial charge in [-0.25, -0.2) is 4.39 Å². The first-order valence-electron chi connectivity index (χ1n) is 11.6. The third-order valence-electron chi connectivity index (χ3n) is 5.96. The Kier molecular flexibility index (Phi) is 9.53. The molecule has 0 aliphatic rings. The molecule has 0 bridgehead atoms. The van der Waals surface area contributed by atoms with Crippen LogP contribution in [0.25, 0.3) is 0 Å². The molecule has 0 aliphatic carbocycles. The number of rotatable bonds is 13. The third-order valence-corrected chi connectivity index (χ3v) is 5.96. The van der Waals surface area contributed by atoms with E-state index in [9.17, 15) is 9.18 Å². The summed E-state index contributed by atoms with van der Waals surface area (Å²) in [6, 6.07) is 17.1. The van der Waals surface area contributed by atoms with Crippen molar-refractivity contribution in [2.75, 3.05) is 27.9 Å². The van der Waals surface area contributed by atoms with Gasteiger partial charge in [0.25, 0.3) is 0 Å². The Morgan fingerprint density at radius 2 is 1.61 bits per heavy atom. The fraction of sp³-hybridized carbons (Fsp3) is 0.321. The lowest BCUT2D eigenvalue weighted by Crippen LogP contribution is -2.43. The summed E-state index contributed by atoms with van der Waals surface area (Å²) in [6.45, 7) is 3.09. The van der Waals surface area contributed by atoms with Crippen LogP contribution in [0, 0.1) is 5.82 Å². The predicted molar refractivity (Wildman–Crippen MR) is 136 cm³/mol. The fourth-order valence-corrected chi connectivity index (χ4v) is 3.83. The number of nitrogens with two attached hydrogens (primary N) is 1. The lowest BCUT2D eigenvalue weighted by atomic mass is 10.1. The average Bonchev–Trinajstić information content (AvgIpc) is 2.89. The lowest BCUT2D eigenvalue weighted by Gasteiger charge is -2.27. The molecule has 0 radical (unpaired) electrons. The maximum Gasteiger partial charge on any atom is 0.234 e. The number of halogens is 1. The van der Waals surface area contributed by atoms with Gasteiger partial charge < -0.3 is 24.7 Å². The normalized spacial score (nSPS) is 11.7. The molecule has 0 spiro atoms. The highest BCUT2D eigenvalue weighted by atomic mass is 19.1. The SMILES string of the molecule is COc1cc(CN(CCc2ccc(OCc3cccc(F)c3)c(OC)c2)C(C)C(N)=O)cc(OC)c1. The molecule has 3 aromatic carbocycles. The first-order chi connectivity index (χ1) is 17.3. The molecule has 36 heavy (non-hydrogen) atoms. The molecular weight excluding hydrogens is 463 g/mol. The van der Waals surface area contributed by atoms with E-state index in [1.54, 1.807) is 46.5 Å². The van der Waals surface area contributed by atoms with Crippen LogP contribution in [0.3, 0.4) is 0 Å². The lowest BCUT2D eigenvalue weighted by molar-refractivity contribution is -0.122. The van der Waals surface area contributed by atoms with E-state index in [4.69, 9.17) is 24.7 Å². The number of hydrogen-bond acceptors (Lipinski definition) is 6. The molecule has 3 rings (SSSR count). The average molecular weight is 497 g/mol. The summed E-state index contributed by atoms with van der Waals surface area (Å²) in [4.78, 5) is 14.0. The van der Waals surface area contributed by atoms with Crippen molar-refractivity contribution < 1.29 is 28.1 Å². The van der Waals surface area contributed by atoms with Crippen LogP contribution in [-0.4, -0.2) is 44.7 Å². The molecule has 8 heteroatoms. The van der Waals surface area contributed by atoms with Crippen molar-refractivity contribution in [3.63, 3.8) is 0 Å². The van der Waals surface area contributed by atoms with Gasteiger partial charge in [-0.1, -0.05) is 18.2 Å². The first-order valence-corrected chi connectivity index (χ1v) is 11.6. The van der Waals surface area contributed by atoms with Crippen LogP contribution in [0.15, 0.2) is 60.7 Å². The van der Waals surface area contributed by atoms with Gasteiger partial charge in [0.1, 0.15) is 23.9 Å². The molecule has 192 valence electrons. The van der Waals surface area contributed by atoms with Crippen LogP contribution in [-0.2, 0) is 24.4 Å². The van der Waals surface area contributed by atoms with Gasteiger partial charge in [-0.3, -0.25) is 9.69 Å². The van der Waals surface area contributed by atoms with Gasteiger partial charge in [0, 0.05) is 19.2 Å². The molecular formula is C28H33FN2O5. The smallest absolute Gasteiger partial charge is 0.234 e. The first kappa shape index (κ1) is 26.8. The van der Waals surface area contributed by atoms with E-state index in [-0.39, 0.29) is 12.4 Å². The molecule has 0 fully saturated rings. The molecule has 0 aromatic heterocycles. The minimum Gasteiger partial charge on any atom is -0.497 e. The van der Waals surface area contributed by atoms with Crippen molar-refractivity contribution in [2.24, 2.45) is 5.73 Å². The van der Waals surface area contributed by atoms with Gasteiger partial charge in [0.05, 0.1) is 27.4 Å². The van der Waals surface area contributed by atoms with Crippen molar-refractivity contribution >= 4 is 5.91 Å². The number of methoxy groups -OCH3 is 3. The molecule has 1 amide bonds. The van der Waals surface area contributed by atoms with E-state index < -0.39 is 11.9 Å². The summed E-state index contributed by atoms with van der Waals surface area (Å²) in [6.07, 6.45) is 0.652. The molecule has 0 aliphatic heterocycles. The Balaban J connectivity index is 1.71. The largest absolute Gasteiger partial charge is 0.497 e. The van der Waals surface area contributed by atoms with Crippen LogP contribution in [0.1, 0.15) is 23.6 Å². The van der Waals surface area contributed by atoms with E-state index >= 15 is 0 Å². The van der Waals surface area contributed by atoms with E-state index in [0.717, 1.165) is 16.7 Å². The zero-order valence-electron chi connectivity index (χ0n) is 21.1. The molecule has 0 heterocycles. The third kappa shape index (κ3) is 7.36. The van der Waals surface area contributed by atoms with Gasteiger partial charge in [0.2, 0.25) is 5.91 Å². The quantitative estimate of drug-likeness (QED) is 0.379. The zero-order chi connectivity index (χ0) is 26.1. The molecule has 0 saturated heterocycles. The summed E-state index contributed by atoms with van der Waals surface area (Å²) < 4.78 is 35.6. The van der Waals surface area contributed by atoms with Crippen LogP contribution in [0.2, 0.25) is 0 Å². The highest BCUT2D eigenvalue weighted by molar-refractivity contribution is 5.79. The maximum atomic E-state index is 13.4. The fourth-order valence-electron chi connectivity index (χ4n) is 3.83. The van der Waals surface area contributed by atoms with Crippen molar-refractivity contribution in [3.8, 4) is 23.0 Å². The molecule has 7 nitrogen and oxygen atoms in total. The topological polar surface area (TPSA) is 83.3 Å². The van der Waals surface area contributed by atoms with E-state index in [2.05, 4.69) is 0 Å². The van der Waals surface area contributed by atoms with Gasteiger partial charge in [-0.05, 0) is 66.4 Å². The van der Waals surface area contributed by atoms with Crippen molar-refractivity contribution in [1.29, 1.82) is 0 Å². The Morgan fingerprint density at radius 3 is 2.22 bits per heavy atom. The van der Waals surface area contributed by atoms with Gasteiger partial charge in [-0.15, -0.1) is 0 Å². The Morgan fingerprint density at radius 1 is 0.889 bits per heavy atom. The predicted octanol–water partition coefficient (Wildman–Crippen LogP) is 4.35. The molecule has 1 atom stereocenters. The summed E-state index contributed by atoms with van der Waals surface area (Å²) in [7, 11) is 4.77. The molecule has 3 aromatic rings. The Hall–Kier alpha value is -3.78. The molecule has 1 unspecified atom stereocenters. The summed E-state index contributed by atoms with van der Waals surface area (Å²) in [5.41, 5.74) is 8.32. The highest BCUT2D eigenvalue weighted by Gasteiger charge is 2.20. The Bertz CT molecular complexity index is 1150. The molecule has 2 N–H and O–H groups in total. The van der Waals surface area contributed by atoms with Gasteiger partial charge in [0.15, 0.2) is 11.5 Å². The molecule has 0 saturated carbocycles. The number of nitrogens with zero attached hydrogens (tertiary/aromatic N) is 1. The van der Waals surface area contributed by atoms with Crippen LogP contribution < -0.4 is 24.7 Å². The van der Waals surface area contributed by atoms with Crippen LogP contribution in [0.5, 0.6) is 23.0 Å². The minimum atomic E-state index is -0.474. The van der Waals surface area contributed by atoms with Crippen molar-refractivity contribution in [2.45, 2.75) is 32.5 Å². The van der Waals surface area contributed by atoms with Gasteiger partial charge in [-0.2, -0.15) is 0 Å². The summed E-state index contributed by atoms with van der Waals surface area (Å²) >= 11 is 0. The standard InChI is InChI=1S/C28H33FN2O5/c1-19(28(30)32)31(17-22-13-24(33-2)16-25(14-22)34-3)11-10-20-8-9-26(27(15-20)35-4)36-18-21-6-5-7-23(29)12-21/h5-9,12-16,19H,10-11,17-18H2,1-4H3,(H2,30,32). The van der Waals surface area contributed by atoms with E-state index in [0.29, 0.717) is 42.5 Å². The number of carbonyl (C=O) groups excluding carboxylic acids is 1. The van der Waals surface area contributed by atoms with E-state index in [1.165, 1.54) is 12.1 Å². The van der Waals surface area contributed by atoms with E-state index in [1.807, 2.05) is 35.2 Å².